The molecule has 0 amide bonds. The molecular formula is C15H16O3. The van der Waals surface area contributed by atoms with E-state index < -0.39 is 5.92 Å². The number of ether oxygens (including phenoxy) is 1. The van der Waals surface area contributed by atoms with Crippen molar-refractivity contribution in [3.8, 4) is 18.1 Å². The summed E-state index contributed by atoms with van der Waals surface area (Å²) in [6.07, 6.45) is 5.52. The molecule has 94 valence electrons. The maximum absolute atomic E-state index is 11.3. The van der Waals surface area contributed by atoms with Crippen LogP contribution in [0.1, 0.15) is 19.4 Å². The van der Waals surface area contributed by atoms with Crippen molar-refractivity contribution in [3.63, 3.8) is 0 Å². The van der Waals surface area contributed by atoms with E-state index in [9.17, 15) is 9.59 Å². The number of hydrogen-bond acceptors (Lipinski definition) is 3. The van der Waals surface area contributed by atoms with Crippen LogP contribution in [-0.2, 0) is 16.0 Å². The van der Waals surface area contributed by atoms with Gasteiger partial charge in [-0.05, 0) is 38.0 Å². The van der Waals surface area contributed by atoms with Crippen molar-refractivity contribution >= 4 is 11.6 Å². The molecule has 0 heterocycles. The third-order valence-electron chi connectivity index (χ3n) is 2.67. The summed E-state index contributed by atoms with van der Waals surface area (Å²) in [5.74, 6) is 2.30. The minimum Gasteiger partial charge on any atom is -0.481 e. The summed E-state index contributed by atoms with van der Waals surface area (Å²) in [5.41, 5.74) is 0.929. The van der Waals surface area contributed by atoms with Gasteiger partial charge in [-0.3, -0.25) is 9.59 Å². The quantitative estimate of drug-likeness (QED) is 0.568. The number of hydrogen-bond donors (Lipinski definition) is 0. The summed E-state index contributed by atoms with van der Waals surface area (Å²) in [4.78, 5) is 22.7. The molecule has 0 atom stereocenters. The second kappa shape index (κ2) is 6.61. The zero-order valence-electron chi connectivity index (χ0n) is 10.6. The zero-order valence-corrected chi connectivity index (χ0v) is 10.6. The topological polar surface area (TPSA) is 43.4 Å². The van der Waals surface area contributed by atoms with Crippen LogP contribution in [0.4, 0.5) is 0 Å². The van der Waals surface area contributed by atoms with Crippen molar-refractivity contribution in [2.24, 2.45) is 5.92 Å². The first kappa shape index (κ1) is 14.0. The first-order valence-corrected chi connectivity index (χ1v) is 5.70. The van der Waals surface area contributed by atoms with E-state index in [4.69, 9.17) is 11.2 Å². The van der Waals surface area contributed by atoms with Crippen molar-refractivity contribution in [2.75, 3.05) is 6.61 Å². The molecule has 0 aromatic heterocycles. The molecule has 1 rings (SSSR count). The molecule has 3 nitrogen and oxygen atoms in total. The number of rotatable bonds is 6. The molecule has 0 fully saturated rings. The molecule has 0 spiro atoms. The van der Waals surface area contributed by atoms with E-state index in [0.29, 0.717) is 12.2 Å². The average Bonchev–Trinajstić information content (AvgIpc) is 2.34. The van der Waals surface area contributed by atoms with Gasteiger partial charge >= 0.3 is 0 Å². The molecule has 0 aliphatic rings. The van der Waals surface area contributed by atoms with E-state index in [1.54, 1.807) is 12.1 Å². The van der Waals surface area contributed by atoms with Crippen LogP contribution in [0.3, 0.4) is 0 Å². The van der Waals surface area contributed by atoms with Crippen molar-refractivity contribution in [1.82, 2.24) is 0 Å². The molecule has 0 aliphatic carbocycles. The Bertz CT molecular complexity index is 452. The van der Waals surface area contributed by atoms with Crippen LogP contribution in [0.15, 0.2) is 24.3 Å². The smallest absolute Gasteiger partial charge is 0.148 e. The van der Waals surface area contributed by atoms with E-state index in [1.807, 2.05) is 12.1 Å². The fourth-order valence-corrected chi connectivity index (χ4v) is 1.66. The summed E-state index contributed by atoms with van der Waals surface area (Å²) in [5, 5.41) is 0. The first-order valence-electron chi connectivity index (χ1n) is 5.70. The number of carbonyl (C=O) groups excluding carboxylic acids is 2. The number of benzene rings is 1. The molecule has 0 aliphatic heterocycles. The monoisotopic (exact) mass is 244 g/mol. The van der Waals surface area contributed by atoms with Crippen LogP contribution in [0.5, 0.6) is 5.75 Å². The Kier molecular flexibility index (Phi) is 5.13. The Morgan fingerprint density at radius 2 is 1.78 bits per heavy atom. The molecule has 0 unspecified atom stereocenters. The van der Waals surface area contributed by atoms with Gasteiger partial charge in [0, 0.05) is 0 Å². The van der Waals surface area contributed by atoms with E-state index in [0.717, 1.165) is 5.56 Å². The summed E-state index contributed by atoms with van der Waals surface area (Å²) in [6, 6.07) is 7.24. The van der Waals surface area contributed by atoms with Crippen LogP contribution in [0, 0.1) is 18.3 Å². The number of terminal acetylenes is 1. The SMILES string of the molecule is C#CCOc1ccc(CC(C(C)=O)C(C)=O)cc1. The van der Waals surface area contributed by atoms with Crippen LogP contribution in [-0.4, -0.2) is 18.2 Å². The summed E-state index contributed by atoms with van der Waals surface area (Å²) in [7, 11) is 0. The maximum atomic E-state index is 11.3. The molecule has 0 N–H and O–H groups in total. The highest BCUT2D eigenvalue weighted by molar-refractivity contribution is 6.00. The van der Waals surface area contributed by atoms with Gasteiger partial charge in [0.25, 0.3) is 0 Å². The second-order valence-corrected chi connectivity index (χ2v) is 4.11. The van der Waals surface area contributed by atoms with E-state index in [1.165, 1.54) is 13.8 Å². The van der Waals surface area contributed by atoms with Gasteiger partial charge in [0.15, 0.2) is 0 Å². The largest absolute Gasteiger partial charge is 0.481 e. The molecule has 1 aromatic rings. The Balaban J connectivity index is 2.71. The molecule has 3 heteroatoms. The highest BCUT2D eigenvalue weighted by Crippen LogP contribution is 2.16. The Morgan fingerprint density at radius 3 is 2.22 bits per heavy atom. The predicted octanol–water partition coefficient (Wildman–Crippen LogP) is 2.04. The van der Waals surface area contributed by atoms with Crippen LogP contribution in [0.2, 0.25) is 0 Å². The third kappa shape index (κ3) is 4.06. The minimum absolute atomic E-state index is 0.102. The predicted molar refractivity (Wildman–Crippen MR) is 69.3 cm³/mol. The molecular weight excluding hydrogens is 228 g/mol. The van der Waals surface area contributed by atoms with Crippen molar-refractivity contribution < 1.29 is 14.3 Å². The number of Topliss-reactive ketones (excluding diaryl/α,β-unsaturated/α-hetero) is 2. The van der Waals surface area contributed by atoms with Crippen LogP contribution >= 0.6 is 0 Å². The van der Waals surface area contributed by atoms with Crippen LogP contribution < -0.4 is 4.74 Å². The lowest BCUT2D eigenvalue weighted by Gasteiger charge is -2.10. The number of carbonyl (C=O) groups is 2. The Labute approximate surface area is 107 Å². The molecule has 0 saturated carbocycles. The molecule has 0 radical (unpaired) electrons. The van der Waals surface area contributed by atoms with E-state index in [2.05, 4.69) is 5.92 Å². The highest BCUT2D eigenvalue weighted by atomic mass is 16.5. The fourth-order valence-electron chi connectivity index (χ4n) is 1.66. The van der Waals surface area contributed by atoms with Gasteiger partial charge in [-0.15, -0.1) is 6.42 Å². The number of ketones is 2. The van der Waals surface area contributed by atoms with Gasteiger partial charge in [-0.25, -0.2) is 0 Å². The lowest BCUT2D eigenvalue weighted by molar-refractivity contribution is -0.130. The molecule has 1 aromatic carbocycles. The standard InChI is InChI=1S/C15H16O3/c1-4-9-18-14-7-5-13(6-8-14)10-15(11(2)16)12(3)17/h1,5-8,15H,9-10H2,2-3H3. The summed E-state index contributed by atoms with van der Waals surface area (Å²) in [6.45, 7) is 3.11. The lowest BCUT2D eigenvalue weighted by atomic mass is 9.93. The van der Waals surface area contributed by atoms with Crippen molar-refractivity contribution in [1.29, 1.82) is 0 Å². The maximum Gasteiger partial charge on any atom is 0.148 e. The van der Waals surface area contributed by atoms with Crippen molar-refractivity contribution in [2.45, 2.75) is 20.3 Å². The van der Waals surface area contributed by atoms with Gasteiger partial charge in [0.2, 0.25) is 0 Å². The van der Waals surface area contributed by atoms with Gasteiger partial charge < -0.3 is 4.74 Å². The highest BCUT2D eigenvalue weighted by Gasteiger charge is 2.19. The van der Waals surface area contributed by atoms with E-state index >= 15 is 0 Å². The molecule has 0 saturated heterocycles. The third-order valence-corrected chi connectivity index (χ3v) is 2.67. The second-order valence-electron chi connectivity index (χ2n) is 4.11. The van der Waals surface area contributed by atoms with Crippen LogP contribution in [0.25, 0.3) is 0 Å². The lowest BCUT2D eigenvalue weighted by Crippen LogP contribution is -2.21. The molecule has 0 bridgehead atoms. The molecule has 18 heavy (non-hydrogen) atoms. The van der Waals surface area contributed by atoms with Crippen molar-refractivity contribution in [3.05, 3.63) is 29.8 Å². The van der Waals surface area contributed by atoms with Gasteiger partial charge in [-0.2, -0.15) is 0 Å². The normalized spacial score (nSPS) is 9.89. The van der Waals surface area contributed by atoms with E-state index in [-0.39, 0.29) is 18.2 Å². The Hall–Kier alpha value is -2.08. The fraction of sp³-hybridized carbons (Fsp3) is 0.333. The van der Waals surface area contributed by atoms with Gasteiger partial charge in [-0.1, -0.05) is 18.1 Å². The summed E-state index contributed by atoms with van der Waals surface area (Å²) >= 11 is 0. The average molecular weight is 244 g/mol. The van der Waals surface area contributed by atoms with Gasteiger partial charge in [0.1, 0.15) is 23.9 Å². The zero-order chi connectivity index (χ0) is 13.5. The minimum atomic E-state index is -0.553. The first-order chi connectivity index (χ1) is 8.54. The Morgan fingerprint density at radius 1 is 1.22 bits per heavy atom. The van der Waals surface area contributed by atoms with Gasteiger partial charge in [0.05, 0.1) is 5.92 Å². The summed E-state index contributed by atoms with van der Waals surface area (Å²) < 4.78 is 5.24.